The number of likely N-dealkylation sites (tertiary alicyclic amines) is 1. The van der Waals surface area contributed by atoms with Gasteiger partial charge in [-0.1, -0.05) is 42.8 Å². The summed E-state index contributed by atoms with van der Waals surface area (Å²) in [5.41, 5.74) is 2.06. The van der Waals surface area contributed by atoms with Crippen molar-refractivity contribution in [3.8, 4) is 11.5 Å². The number of ketones is 1. The Balaban J connectivity index is 1.31. The van der Waals surface area contributed by atoms with Crippen LogP contribution in [0.25, 0.3) is 0 Å². The topological polar surface area (TPSA) is 48.0 Å². The zero-order chi connectivity index (χ0) is 25.3. The molecule has 1 saturated heterocycles. The summed E-state index contributed by atoms with van der Waals surface area (Å²) in [6, 6.07) is 15.2. The average Bonchev–Trinajstić information content (AvgIpc) is 3.17. The van der Waals surface area contributed by atoms with Gasteiger partial charge in [-0.25, -0.2) is 0 Å². The molecule has 2 saturated carbocycles. The molecule has 0 N–H and O–H groups in total. The third kappa shape index (κ3) is 3.13. The van der Waals surface area contributed by atoms with E-state index in [2.05, 4.69) is 48.2 Å². The Morgan fingerprint density at radius 3 is 2.70 bits per heavy atom. The molecule has 196 valence electrons. The van der Waals surface area contributed by atoms with Crippen molar-refractivity contribution in [3.05, 3.63) is 59.2 Å². The Bertz CT molecular complexity index is 1210. The Kier molecular flexibility index (Phi) is 5.50. The number of carbonyl (C=O) groups excluding carboxylic acids is 1. The van der Waals surface area contributed by atoms with E-state index in [4.69, 9.17) is 14.2 Å². The monoisotopic (exact) mass is 501 g/mol. The molecule has 0 aromatic heterocycles. The summed E-state index contributed by atoms with van der Waals surface area (Å²) < 4.78 is 19.8. The molecule has 0 radical (unpaired) electrons. The van der Waals surface area contributed by atoms with Crippen molar-refractivity contribution in [2.45, 2.75) is 87.4 Å². The van der Waals surface area contributed by atoms with Gasteiger partial charge in [-0.2, -0.15) is 0 Å². The van der Waals surface area contributed by atoms with Crippen molar-refractivity contribution in [1.82, 2.24) is 4.90 Å². The number of piperidine rings is 1. The minimum atomic E-state index is -0.919. The van der Waals surface area contributed by atoms with Gasteiger partial charge in [0, 0.05) is 31.2 Å². The fourth-order valence-electron chi connectivity index (χ4n) is 8.68. The Hall–Kier alpha value is -2.37. The van der Waals surface area contributed by atoms with Gasteiger partial charge in [-0.3, -0.25) is 9.69 Å². The number of Topliss-reactive ketones (excluding diaryl/α,β-unsaturated/α-hetero) is 1. The van der Waals surface area contributed by atoms with Gasteiger partial charge in [0.15, 0.2) is 22.9 Å². The fourth-order valence-corrected chi connectivity index (χ4v) is 8.68. The lowest BCUT2D eigenvalue weighted by atomic mass is 9.45. The van der Waals surface area contributed by atoms with Crippen LogP contribution in [-0.4, -0.2) is 54.7 Å². The predicted molar refractivity (Wildman–Crippen MR) is 142 cm³/mol. The molecular formula is C32H39NO4. The van der Waals surface area contributed by atoms with E-state index in [1.807, 2.05) is 6.07 Å². The molecule has 1 spiro atoms. The highest BCUT2D eigenvalue weighted by atomic mass is 16.5. The fraction of sp³-hybridized carbons (Fsp3) is 0.594. The van der Waals surface area contributed by atoms with Crippen LogP contribution in [0.1, 0.15) is 68.6 Å². The summed E-state index contributed by atoms with van der Waals surface area (Å²) in [5.74, 6) is 2.55. The summed E-state index contributed by atoms with van der Waals surface area (Å²) >= 11 is 0. The number of aryl methyl sites for hydroxylation is 1. The highest BCUT2D eigenvalue weighted by Crippen LogP contribution is 2.69. The molecule has 5 aliphatic rings. The number of carbonyl (C=O) groups is 1. The molecule has 7 rings (SSSR count). The van der Waals surface area contributed by atoms with Crippen LogP contribution in [0.2, 0.25) is 0 Å². The van der Waals surface area contributed by atoms with E-state index in [1.165, 1.54) is 36.0 Å². The van der Waals surface area contributed by atoms with Crippen molar-refractivity contribution in [3.63, 3.8) is 0 Å². The first-order valence-corrected chi connectivity index (χ1v) is 14.4. The summed E-state index contributed by atoms with van der Waals surface area (Å²) in [5, 5.41) is 0. The predicted octanol–water partition coefficient (Wildman–Crippen LogP) is 5.27. The van der Waals surface area contributed by atoms with E-state index < -0.39 is 16.6 Å². The summed E-state index contributed by atoms with van der Waals surface area (Å²) in [6.07, 6.45) is 9.16. The van der Waals surface area contributed by atoms with Gasteiger partial charge in [0.1, 0.15) is 0 Å². The normalized spacial score (nSPS) is 34.0. The van der Waals surface area contributed by atoms with E-state index in [1.54, 1.807) is 7.11 Å². The zero-order valence-corrected chi connectivity index (χ0v) is 22.3. The van der Waals surface area contributed by atoms with Gasteiger partial charge < -0.3 is 14.2 Å². The van der Waals surface area contributed by atoms with Crippen LogP contribution >= 0.6 is 0 Å². The standard InChI is InChI=1S/C32H39NO4/c1-30-27(34)15-16-32(36-19-7-12-22-8-4-3-5-9-22)26-20-24-13-14-25(35-2)29(37-30)28(24)31(30,32)17-18-33(26)21-23-10-6-11-23/h3-5,8-9,13-14,23,26H,6-7,10-12,15-21H2,1-2H3/t26?,30-,31-,32+/m0/s1. The molecule has 2 aliphatic heterocycles. The molecule has 2 aromatic rings. The second kappa shape index (κ2) is 8.57. The van der Waals surface area contributed by atoms with Gasteiger partial charge >= 0.3 is 0 Å². The molecule has 1 unspecified atom stereocenters. The van der Waals surface area contributed by atoms with Crippen LogP contribution in [0, 0.1) is 5.92 Å². The minimum absolute atomic E-state index is 0.216. The van der Waals surface area contributed by atoms with Gasteiger partial charge in [0.2, 0.25) is 0 Å². The van der Waals surface area contributed by atoms with Crippen molar-refractivity contribution < 1.29 is 19.0 Å². The minimum Gasteiger partial charge on any atom is -0.493 e. The number of benzene rings is 2. The number of hydrogen-bond acceptors (Lipinski definition) is 5. The lowest BCUT2D eigenvalue weighted by Crippen LogP contribution is -2.81. The largest absolute Gasteiger partial charge is 0.493 e. The van der Waals surface area contributed by atoms with Crippen molar-refractivity contribution in [1.29, 1.82) is 0 Å². The van der Waals surface area contributed by atoms with Crippen molar-refractivity contribution >= 4 is 5.78 Å². The van der Waals surface area contributed by atoms with E-state index in [9.17, 15) is 4.79 Å². The molecule has 4 atom stereocenters. The van der Waals surface area contributed by atoms with E-state index in [0.717, 1.165) is 62.6 Å². The smallest absolute Gasteiger partial charge is 0.177 e. The summed E-state index contributed by atoms with van der Waals surface area (Å²) in [4.78, 5) is 16.5. The van der Waals surface area contributed by atoms with Crippen LogP contribution in [0.5, 0.6) is 11.5 Å². The first-order chi connectivity index (χ1) is 18.0. The first kappa shape index (κ1) is 23.7. The van der Waals surface area contributed by atoms with Crippen LogP contribution in [0.4, 0.5) is 0 Å². The summed E-state index contributed by atoms with van der Waals surface area (Å²) in [6.45, 7) is 4.91. The van der Waals surface area contributed by atoms with E-state index in [0.29, 0.717) is 13.0 Å². The third-order valence-electron chi connectivity index (χ3n) is 10.6. The molecule has 5 heteroatoms. The number of hydrogen-bond donors (Lipinski definition) is 0. The first-order valence-electron chi connectivity index (χ1n) is 14.4. The van der Waals surface area contributed by atoms with Gasteiger partial charge in [-0.05, 0) is 81.5 Å². The Morgan fingerprint density at radius 1 is 1.11 bits per heavy atom. The van der Waals surface area contributed by atoms with Crippen molar-refractivity contribution in [2.75, 3.05) is 26.8 Å². The van der Waals surface area contributed by atoms with E-state index in [-0.39, 0.29) is 11.8 Å². The van der Waals surface area contributed by atoms with Crippen LogP contribution < -0.4 is 9.47 Å². The van der Waals surface area contributed by atoms with Crippen molar-refractivity contribution in [2.24, 2.45) is 5.92 Å². The third-order valence-corrected chi connectivity index (χ3v) is 10.6. The van der Waals surface area contributed by atoms with Crippen LogP contribution in [-0.2, 0) is 27.8 Å². The average molecular weight is 502 g/mol. The number of rotatable bonds is 8. The lowest BCUT2D eigenvalue weighted by Gasteiger charge is -2.67. The second-order valence-corrected chi connectivity index (χ2v) is 12.2. The maximum atomic E-state index is 13.8. The SMILES string of the molecule is COc1ccc2c3c1O[C@@]1(C)C(=O)CC[C@@]4(OCCCc5ccccc5)C(C2)N(CC2CCC2)CC[C@]314. The van der Waals surface area contributed by atoms with Gasteiger partial charge in [0.05, 0.1) is 18.1 Å². The Labute approximate surface area is 220 Å². The highest BCUT2D eigenvalue weighted by molar-refractivity contribution is 5.94. The maximum absolute atomic E-state index is 13.8. The lowest BCUT2D eigenvalue weighted by molar-refractivity contribution is -0.232. The summed E-state index contributed by atoms with van der Waals surface area (Å²) in [7, 11) is 1.70. The molecule has 2 aromatic carbocycles. The highest BCUT2D eigenvalue weighted by Gasteiger charge is 2.78. The van der Waals surface area contributed by atoms with Crippen LogP contribution in [0.15, 0.2) is 42.5 Å². The molecule has 2 heterocycles. The molecule has 5 nitrogen and oxygen atoms in total. The van der Waals surface area contributed by atoms with Gasteiger partial charge in [-0.15, -0.1) is 0 Å². The van der Waals surface area contributed by atoms with E-state index >= 15 is 0 Å². The maximum Gasteiger partial charge on any atom is 0.177 e. The second-order valence-electron chi connectivity index (χ2n) is 12.2. The Morgan fingerprint density at radius 2 is 1.95 bits per heavy atom. The quantitative estimate of drug-likeness (QED) is 0.462. The number of methoxy groups -OCH3 is 1. The van der Waals surface area contributed by atoms with Crippen LogP contribution in [0.3, 0.4) is 0 Å². The molecule has 3 fully saturated rings. The molecule has 37 heavy (non-hydrogen) atoms. The zero-order valence-electron chi connectivity index (χ0n) is 22.3. The number of ether oxygens (including phenoxy) is 3. The number of nitrogens with zero attached hydrogens (tertiary/aromatic N) is 1. The molecule has 2 bridgehead atoms. The van der Waals surface area contributed by atoms with Gasteiger partial charge in [0.25, 0.3) is 0 Å². The molecular weight excluding hydrogens is 462 g/mol. The molecule has 3 aliphatic carbocycles. The molecule has 0 amide bonds.